The number of halogens is 2. The predicted molar refractivity (Wildman–Crippen MR) is 52.7 cm³/mol. The Morgan fingerprint density at radius 3 is 1.85 bits per heavy atom. The first kappa shape index (κ1) is 8.34. The van der Waals surface area contributed by atoms with Crippen LogP contribution in [0.5, 0.6) is 0 Å². The summed E-state index contributed by atoms with van der Waals surface area (Å²) in [4.78, 5) is 0. The largest absolute Gasteiger partial charge is 0.368 e. The molecule has 13 heavy (non-hydrogen) atoms. The Hall–Kier alpha value is 0.0200. The zero-order valence-corrected chi connectivity index (χ0v) is 8.55. The van der Waals surface area contributed by atoms with Crippen molar-refractivity contribution in [1.29, 1.82) is 0 Å². The molecule has 70 valence electrons. The smallest absolute Gasteiger partial charge is 0.0916 e. The van der Waals surface area contributed by atoms with Crippen molar-refractivity contribution in [3.63, 3.8) is 0 Å². The Kier molecular flexibility index (Phi) is 1.77. The quantitative estimate of drug-likeness (QED) is 0.568. The van der Waals surface area contributed by atoms with Crippen LogP contribution in [-0.2, 0) is 4.74 Å². The molecule has 3 saturated carbocycles. The molecule has 2 bridgehead atoms. The fourth-order valence-corrected chi connectivity index (χ4v) is 3.43. The first-order valence-electron chi connectivity index (χ1n) is 4.63. The molecule has 0 N–H and O–H groups in total. The maximum atomic E-state index is 5.81. The van der Waals surface area contributed by atoms with Gasteiger partial charge in [-0.3, -0.25) is 0 Å². The molecule has 0 unspecified atom stereocenters. The van der Waals surface area contributed by atoms with Gasteiger partial charge in [0.25, 0.3) is 0 Å². The van der Waals surface area contributed by atoms with E-state index < -0.39 is 0 Å². The highest BCUT2D eigenvalue weighted by Crippen LogP contribution is 2.57. The van der Waals surface area contributed by atoms with Gasteiger partial charge in [-0.15, -0.1) is 0 Å². The third kappa shape index (κ3) is 0.984. The van der Waals surface area contributed by atoms with Crippen LogP contribution in [0.3, 0.4) is 0 Å². The number of hydrogen-bond acceptors (Lipinski definition) is 1. The van der Waals surface area contributed by atoms with Crippen molar-refractivity contribution in [1.82, 2.24) is 0 Å². The maximum Gasteiger partial charge on any atom is 0.0916 e. The van der Waals surface area contributed by atoms with Crippen molar-refractivity contribution in [3.8, 4) is 0 Å². The number of rotatable bonds is 0. The van der Waals surface area contributed by atoms with Crippen molar-refractivity contribution >= 4 is 23.2 Å². The molecule has 1 saturated heterocycles. The lowest BCUT2D eigenvalue weighted by Gasteiger charge is -2.36. The molecule has 0 amide bonds. The van der Waals surface area contributed by atoms with Crippen LogP contribution in [0.15, 0.2) is 22.2 Å². The normalized spacial score (nSPS) is 52.8. The Bertz CT molecular complexity index is 278. The highest BCUT2D eigenvalue weighted by atomic mass is 35.5. The Morgan fingerprint density at radius 1 is 1.00 bits per heavy atom. The average molecular weight is 217 g/mol. The van der Waals surface area contributed by atoms with E-state index in [4.69, 9.17) is 27.9 Å². The zero-order chi connectivity index (χ0) is 9.00. The predicted octanol–water partition coefficient (Wildman–Crippen LogP) is 3.04. The van der Waals surface area contributed by atoms with E-state index in [1.165, 1.54) is 24.0 Å². The summed E-state index contributed by atoms with van der Waals surface area (Å²) in [6, 6.07) is 0. The van der Waals surface area contributed by atoms with Gasteiger partial charge in [-0.25, -0.2) is 0 Å². The highest BCUT2D eigenvalue weighted by molar-refractivity contribution is 6.27. The van der Waals surface area contributed by atoms with Crippen LogP contribution >= 0.6 is 23.2 Å². The fraction of sp³-hybridized carbons (Fsp3) is 0.600. The summed E-state index contributed by atoms with van der Waals surface area (Å²) in [5.41, 5.74) is 5.80. The molecule has 0 aromatic rings. The van der Waals surface area contributed by atoms with Gasteiger partial charge in [-0.1, -0.05) is 23.2 Å². The standard InChI is InChI=1S/C10H10Cl2O/c11-3-7-5-1-2-6(8(7)4-12)10-9(5)13-10/h3-6,9-10H,1-2H2/b7-3+,8-4+/t5-,6+,9-,10+. The van der Waals surface area contributed by atoms with Crippen LogP contribution < -0.4 is 0 Å². The molecular formula is C10H10Cl2O. The second-order valence-corrected chi connectivity index (χ2v) is 4.42. The van der Waals surface area contributed by atoms with E-state index in [9.17, 15) is 0 Å². The van der Waals surface area contributed by atoms with Crippen LogP contribution in [0.25, 0.3) is 0 Å². The van der Waals surface area contributed by atoms with Crippen LogP contribution in [-0.4, -0.2) is 12.2 Å². The van der Waals surface area contributed by atoms with Gasteiger partial charge in [-0.05, 0) is 24.0 Å². The van der Waals surface area contributed by atoms with Gasteiger partial charge in [0.05, 0.1) is 12.2 Å². The summed E-state index contributed by atoms with van der Waals surface area (Å²) in [7, 11) is 0. The van der Waals surface area contributed by atoms with E-state index in [1.54, 1.807) is 11.1 Å². The third-order valence-electron chi connectivity index (χ3n) is 3.51. The third-order valence-corrected chi connectivity index (χ3v) is 3.98. The minimum Gasteiger partial charge on any atom is -0.368 e. The highest BCUT2D eigenvalue weighted by Gasteiger charge is 2.59. The van der Waals surface area contributed by atoms with Gasteiger partial charge in [0.15, 0.2) is 0 Å². The molecule has 3 aliphatic carbocycles. The molecule has 0 aromatic carbocycles. The van der Waals surface area contributed by atoms with E-state index in [1.807, 2.05) is 0 Å². The van der Waals surface area contributed by atoms with Crippen LogP contribution in [0.2, 0.25) is 0 Å². The molecule has 1 heterocycles. The molecule has 4 atom stereocenters. The Morgan fingerprint density at radius 2 is 1.46 bits per heavy atom. The van der Waals surface area contributed by atoms with E-state index in [0.717, 1.165) is 0 Å². The minimum absolute atomic E-state index is 0.448. The van der Waals surface area contributed by atoms with Crippen LogP contribution in [0, 0.1) is 11.8 Å². The van der Waals surface area contributed by atoms with E-state index in [-0.39, 0.29) is 0 Å². The molecule has 0 spiro atoms. The fourth-order valence-electron chi connectivity index (χ4n) is 2.85. The summed E-state index contributed by atoms with van der Waals surface area (Å²) in [5.74, 6) is 1.02. The molecule has 4 fully saturated rings. The van der Waals surface area contributed by atoms with Gasteiger partial charge in [0.1, 0.15) is 0 Å². The van der Waals surface area contributed by atoms with Gasteiger partial charge >= 0.3 is 0 Å². The summed E-state index contributed by atoms with van der Waals surface area (Å²) in [6.07, 6.45) is 3.31. The Balaban J connectivity index is 2.06. The summed E-state index contributed by atoms with van der Waals surface area (Å²) in [6.45, 7) is 0. The minimum atomic E-state index is 0.448. The lowest BCUT2D eigenvalue weighted by molar-refractivity contribution is 0.348. The summed E-state index contributed by atoms with van der Waals surface area (Å²) < 4.78 is 5.63. The summed E-state index contributed by atoms with van der Waals surface area (Å²) >= 11 is 11.6. The number of epoxide rings is 1. The van der Waals surface area contributed by atoms with Gasteiger partial charge in [-0.2, -0.15) is 0 Å². The SMILES string of the molecule is Cl/C=C1/C(=C/Cl)[C@@H]2CC[C@H]1[C@H]1O[C@H]12. The first-order valence-corrected chi connectivity index (χ1v) is 5.50. The molecule has 4 aliphatic rings. The van der Waals surface area contributed by atoms with E-state index in [0.29, 0.717) is 24.0 Å². The monoisotopic (exact) mass is 216 g/mol. The maximum absolute atomic E-state index is 5.81. The molecule has 1 aliphatic heterocycles. The second-order valence-electron chi connectivity index (χ2n) is 3.98. The molecule has 0 aromatic heterocycles. The van der Waals surface area contributed by atoms with Gasteiger partial charge < -0.3 is 4.74 Å². The van der Waals surface area contributed by atoms with Crippen LogP contribution in [0.4, 0.5) is 0 Å². The number of fused-ring (bicyclic) bond motifs is 2. The molecular weight excluding hydrogens is 207 g/mol. The lowest BCUT2D eigenvalue weighted by atomic mass is 9.66. The van der Waals surface area contributed by atoms with Crippen LogP contribution in [0.1, 0.15) is 12.8 Å². The Labute approximate surface area is 87.3 Å². The topological polar surface area (TPSA) is 12.5 Å². The van der Waals surface area contributed by atoms with E-state index >= 15 is 0 Å². The van der Waals surface area contributed by atoms with Crippen molar-refractivity contribution in [2.75, 3.05) is 0 Å². The van der Waals surface area contributed by atoms with Crippen molar-refractivity contribution in [3.05, 3.63) is 22.2 Å². The molecule has 3 heteroatoms. The first-order chi connectivity index (χ1) is 6.36. The zero-order valence-electron chi connectivity index (χ0n) is 7.04. The summed E-state index contributed by atoms with van der Waals surface area (Å²) in [5, 5.41) is 0. The number of hydrogen-bond donors (Lipinski definition) is 0. The van der Waals surface area contributed by atoms with E-state index in [2.05, 4.69) is 0 Å². The molecule has 1 nitrogen and oxygen atoms in total. The van der Waals surface area contributed by atoms with Gasteiger partial charge in [0.2, 0.25) is 0 Å². The molecule has 0 radical (unpaired) electrons. The average Bonchev–Trinajstić information content (AvgIpc) is 2.97. The molecule has 4 rings (SSSR count). The number of ether oxygens (including phenoxy) is 1. The van der Waals surface area contributed by atoms with Gasteiger partial charge in [0, 0.05) is 22.9 Å². The lowest BCUT2D eigenvalue weighted by Crippen LogP contribution is -2.34. The van der Waals surface area contributed by atoms with Crippen molar-refractivity contribution < 1.29 is 4.74 Å². The van der Waals surface area contributed by atoms with Crippen molar-refractivity contribution in [2.24, 2.45) is 11.8 Å². The van der Waals surface area contributed by atoms with Crippen molar-refractivity contribution in [2.45, 2.75) is 25.0 Å². The second kappa shape index (κ2) is 2.75.